The maximum Gasteiger partial charge on any atom is 0.224 e. The molecule has 1 aliphatic heterocycles. The molecular formula is C19H22N4O2S. The van der Waals surface area contributed by atoms with Crippen molar-refractivity contribution in [3.63, 3.8) is 0 Å². The van der Waals surface area contributed by atoms with Crippen LogP contribution in [0.15, 0.2) is 22.7 Å². The molecule has 0 radical (unpaired) electrons. The van der Waals surface area contributed by atoms with Crippen molar-refractivity contribution in [1.29, 1.82) is 0 Å². The van der Waals surface area contributed by atoms with Crippen LogP contribution in [0, 0.1) is 13.8 Å². The topological polar surface area (TPSA) is 71.3 Å². The van der Waals surface area contributed by atoms with Crippen LogP contribution in [0.4, 0.5) is 10.8 Å². The van der Waals surface area contributed by atoms with E-state index in [1.165, 1.54) is 12.8 Å². The van der Waals surface area contributed by atoms with Crippen molar-refractivity contribution < 1.29 is 9.32 Å². The molecule has 3 heterocycles. The van der Waals surface area contributed by atoms with Gasteiger partial charge < -0.3 is 14.7 Å². The number of benzene rings is 1. The molecule has 4 rings (SSSR count). The van der Waals surface area contributed by atoms with Gasteiger partial charge in [-0.05, 0) is 51.3 Å². The highest BCUT2D eigenvalue weighted by molar-refractivity contribution is 7.22. The van der Waals surface area contributed by atoms with Crippen LogP contribution in [0.2, 0.25) is 0 Å². The monoisotopic (exact) mass is 370 g/mol. The Labute approximate surface area is 156 Å². The first kappa shape index (κ1) is 17.0. The van der Waals surface area contributed by atoms with Crippen LogP contribution in [0.1, 0.15) is 36.3 Å². The third-order valence-electron chi connectivity index (χ3n) is 4.82. The van der Waals surface area contributed by atoms with Gasteiger partial charge in [-0.25, -0.2) is 4.98 Å². The van der Waals surface area contributed by atoms with Crippen LogP contribution in [0.3, 0.4) is 0 Å². The number of anilines is 2. The fourth-order valence-corrected chi connectivity index (χ4v) is 4.41. The lowest BCUT2D eigenvalue weighted by Gasteiger charge is -2.11. The van der Waals surface area contributed by atoms with Crippen LogP contribution in [0.25, 0.3) is 10.2 Å². The summed E-state index contributed by atoms with van der Waals surface area (Å²) >= 11 is 1.69. The minimum absolute atomic E-state index is 0.00590. The fourth-order valence-electron chi connectivity index (χ4n) is 3.35. The van der Waals surface area contributed by atoms with Crippen molar-refractivity contribution in [1.82, 2.24) is 10.1 Å². The number of thiazole rings is 1. The van der Waals surface area contributed by atoms with Gasteiger partial charge in [0.2, 0.25) is 5.91 Å². The van der Waals surface area contributed by atoms with E-state index in [0.29, 0.717) is 12.8 Å². The Balaban J connectivity index is 1.42. The second-order valence-electron chi connectivity index (χ2n) is 6.72. The number of aryl methyl sites for hydroxylation is 2. The summed E-state index contributed by atoms with van der Waals surface area (Å²) in [5, 5.41) is 8.00. The summed E-state index contributed by atoms with van der Waals surface area (Å²) in [5.74, 6) is 0.782. The predicted molar refractivity (Wildman–Crippen MR) is 104 cm³/mol. The van der Waals surface area contributed by atoms with Gasteiger partial charge in [-0.1, -0.05) is 16.5 Å². The van der Waals surface area contributed by atoms with Crippen molar-refractivity contribution in [2.24, 2.45) is 0 Å². The number of amides is 1. The molecule has 0 unspecified atom stereocenters. The van der Waals surface area contributed by atoms with Gasteiger partial charge in [-0.2, -0.15) is 0 Å². The lowest BCUT2D eigenvalue weighted by atomic mass is 10.1. The lowest BCUT2D eigenvalue weighted by Crippen LogP contribution is -2.16. The molecule has 136 valence electrons. The molecule has 1 aromatic carbocycles. The molecule has 0 bridgehead atoms. The number of nitrogens with zero attached hydrogens (tertiary/aromatic N) is 3. The Kier molecular flexibility index (Phi) is 4.63. The van der Waals surface area contributed by atoms with E-state index in [2.05, 4.69) is 15.4 Å². The SMILES string of the molecule is Cc1noc(C)c1CCC(=O)Nc1ccc2nc(N3CCCC3)sc2c1. The van der Waals surface area contributed by atoms with Gasteiger partial charge in [0.1, 0.15) is 5.76 Å². The molecule has 2 aromatic heterocycles. The molecule has 6 nitrogen and oxygen atoms in total. The number of fused-ring (bicyclic) bond motifs is 1. The second kappa shape index (κ2) is 7.07. The predicted octanol–water partition coefficient (Wildman–Crippen LogP) is 4.07. The summed E-state index contributed by atoms with van der Waals surface area (Å²) < 4.78 is 6.25. The van der Waals surface area contributed by atoms with Gasteiger partial charge in [-0.15, -0.1) is 0 Å². The minimum Gasteiger partial charge on any atom is -0.361 e. The highest BCUT2D eigenvalue weighted by atomic mass is 32.1. The fraction of sp³-hybridized carbons (Fsp3) is 0.421. The summed E-state index contributed by atoms with van der Waals surface area (Å²) in [6, 6.07) is 5.92. The third-order valence-corrected chi connectivity index (χ3v) is 5.90. The van der Waals surface area contributed by atoms with Crippen molar-refractivity contribution in [3.8, 4) is 0 Å². The maximum atomic E-state index is 12.3. The average molecular weight is 370 g/mol. The zero-order chi connectivity index (χ0) is 18.1. The van der Waals surface area contributed by atoms with Gasteiger partial charge in [0.05, 0.1) is 15.9 Å². The zero-order valence-electron chi connectivity index (χ0n) is 15.0. The molecule has 1 amide bonds. The van der Waals surface area contributed by atoms with Crippen LogP contribution in [-0.4, -0.2) is 29.1 Å². The zero-order valence-corrected chi connectivity index (χ0v) is 15.9. The normalized spacial score (nSPS) is 14.3. The molecule has 26 heavy (non-hydrogen) atoms. The van der Waals surface area contributed by atoms with Crippen LogP contribution >= 0.6 is 11.3 Å². The minimum atomic E-state index is -0.00590. The number of carbonyl (C=O) groups is 1. The first-order valence-corrected chi connectivity index (χ1v) is 9.79. The van der Waals surface area contributed by atoms with E-state index in [9.17, 15) is 4.79 Å². The van der Waals surface area contributed by atoms with E-state index in [0.717, 1.165) is 51.1 Å². The Hall–Kier alpha value is -2.41. The van der Waals surface area contributed by atoms with E-state index >= 15 is 0 Å². The van der Waals surface area contributed by atoms with Gasteiger partial charge in [0.15, 0.2) is 5.13 Å². The van der Waals surface area contributed by atoms with E-state index in [-0.39, 0.29) is 5.91 Å². The first-order valence-electron chi connectivity index (χ1n) is 8.97. The van der Waals surface area contributed by atoms with Crippen LogP contribution in [-0.2, 0) is 11.2 Å². The van der Waals surface area contributed by atoms with Gasteiger partial charge in [0, 0.05) is 30.8 Å². The van der Waals surface area contributed by atoms with Gasteiger partial charge in [0.25, 0.3) is 0 Å². The molecule has 3 aromatic rings. The van der Waals surface area contributed by atoms with Crippen molar-refractivity contribution in [3.05, 3.63) is 35.2 Å². The van der Waals surface area contributed by atoms with Crippen LogP contribution < -0.4 is 10.2 Å². The Morgan fingerprint density at radius 2 is 2.12 bits per heavy atom. The van der Waals surface area contributed by atoms with Crippen molar-refractivity contribution in [2.45, 2.75) is 39.5 Å². The summed E-state index contributed by atoms with van der Waals surface area (Å²) in [5.41, 5.74) is 3.69. The number of hydrogen-bond acceptors (Lipinski definition) is 6. The Bertz CT molecular complexity index is 921. The van der Waals surface area contributed by atoms with Crippen LogP contribution in [0.5, 0.6) is 0 Å². The molecule has 0 saturated carbocycles. The highest BCUT2D eigenvalue weighted by Crippen LogP contribution is 2.32. The molecule has 1 fully saturated rings. The first-order chi connectivity index (χ1) is 12.6. The van der Waals surface area contributed by atoms with Crippen molar-refractivity contribution in [2.75, 3.05) is 23.3 Å². The second-order valence-corrected chi connectivity index (χ2v) is 7.73. The standard InChI is InChI=1S/C19H22N4O2S/c1-12-15(13(2)25-22-12)6-8-18(24)20-14-5-7-16-17(11-14)26-19(21-16)23-9-3-4-10-23/h5,7,11H,3-4,6,8-10H2,1-2H3,(H,20,24). The molecule has 1 N–H and O–H groups in total. The van der Waals surface area contributed by atoms with E-state index in [1.807, 2.05) is 32.0 Å². The summed E-state index contributed by atoms with van der Waals surface area (Å²) in [6.45, 7) is 5.96. The molecule has 0 spiro atoms. The Morgan fingerprint density at radius 3 is 2.85 bits per heavy atom. The summed E-state index contributed by atoms with van der Waals surface area (Å²) in [7, 11) is 0. The quantitative estimate of drug-likeness (QED) is 0.733. The number of nitrogens with one attached hydrogen (secondary N) is 1. The number of carbonyl (C=O) groups excluding carboxylic acids is 1. The molecule has 0 atom stereocenters. The van der Waals surface area contributed by atoms with E-state index < -0.39 is 0 Å². The number of aromatic nitrogens is 2. The van der Waals surface area contributed by atoms with Crippen molar-refractivity contribution >= 4 is 38.3 Å². The highest BCUT2D eigenvalue weighted by Gasteiger charge is 2.17. The molecule has 1 saturated heterocycles. The molecule has 0 aliphatic carbocycles. The number of rotatable bonds is 5. The third kappa shape index (κ3) is 3.44. The van der Waals surface area contributed by atoms with E-state index in [1.54, 1.807) is 11.3 Å². The lowest BCUT2D eigenvalue weighted by molar-refractivity contribution is -0.116. The average Bonchev–Trinajstić information content (AvgIpc) is 3.33. The largest absolute Gasteiger partial charge is 0.361 e. The number of hydrogen-bond donors (Lipinski definition) is 1. The molecule has 1 aliphatic rings. The Morgan fingerprint density at radius 1 is 1.31 bits per heavy atom. The van der Waals surface area contributed by atoms with Gasteiger partial charge in [-0.3, -0.25) is 4.79 Å². The van der Waals surface area contributed by atoms with E-state index in [4.69, 9.17) is 9.51 Å². The maximum absolute atomic E-state index is 12.3. The summed E-state index contributed by atoms with van der Waals surface area (Å²) in [4.78, 5) is 19.4. The summed E-state index contributed by atoms with van der Waals surface area (Å²) in [6.07, 6.45) is 3.52. The molecule has 7 heteroatoms. The van der Waals surface area contributed by atoms with Gasteiger partial charge >= 0.3 is 0 Å². The molecular weight excluding hydrogens is 348 g/mol. The smallest absolute Gasteiger partial charge is 0.224 e.